The summed E-state index contributed by atoms with van der Waals surface area (Å²) >= 11 is 0. The van der Waals surface area contributed by atoms with Gasteiger partial charge in [-0.25, -0.2) is 4.98 Å². The maximum atomic E-state index is 9.79. The van der Waals surface area contributed by atoms with Crippen LogP contribution >= 0.6 is 0 Å². The quantitative estimate of drug-likeness (QED) is 0.469. The lowest BCUT2D eigenvalue weighted by Crippen LogP contribution is -2.25. The Bertz CT molecular complexity index is 1010. The maximum Gasteiger partial charge on any atom is 0.225 e. The minimum absolute atomic E-state index is 0.0489. The van der Waals surface area contributed by atoms with Crippen molar-refractivity contribution in [3.8, 4) is 11.5 Å². The van der Waals surface area contributed by atoms with Crippen LogP contribution in [-0.4, -0.2) is 46.9 Å². The third-order valence-corrected chi connectivity index (χ3v) is 5.26. The molecule has 0 aliphatic heterocycles. The lowest BCUT2D eigenvalue weighted by atomic mass is 10.1. The zero-order valence-corrected chi connectivity index (χ0v) is 17.3. The van der Waals surface area contributed by atoms with E-state index in [9.17, 15) is 5.11 Å². The molecule has 1 aliphatic rings. The van der Waals surface area contributed by atoms with Gasteiger partial charge in [0.15, 0.2) is 5.82 Å². The van der Waals surface area contributed by atoms with Crippen LogP contribution in [0.4, 0.5) is 11.8 Å². The zero-order chi connectivity index (χ0) is 20.9. The fraction of sp³-hybridized carbons (Fsp3) is 0.409. The SMILES string of the molecule is COc1ccc(CNc2nc(N[C@H](CO)CC3CC3)c3ncccc3n2)c(OC)c1. The van der Waals surface area contributed by atoms with E-state index in [1.165, 1.54) is 12.8 Å². The Morgan fingerprint density at radius 2 is 2.03 bits per heavy atom. The standard InChI is InChI=1S/C22H27N5O3/c1-29-17-8-7-15(19(11-17)30-2)12-24-22-26-18-4-3-9-23-20(18)21(27-22)25-16(13-28)10-14-5-6-14/h3-4,7-9,11,14,16,28H,5-6,10,12-13H2,1-2H3,(H2,24,25,26,27)/t16-/m0/s1. The number of rotatable bonds is 10. The topological polar surface area (TPSA) is 101 Å². The van der Waals surface area contributed by atoms with Gasteiger partial charge in [-0.15, -0.1) is 0 Å². The molecular formula is C22H27N5O3. The Hall–Kier alpha value is -3.13. The molecule has 0 saturated heterocycles. The Labute approximate surface area is 175 Å². The monoisotopic (exact) mass is 409 g/mol. The van der Waals surface area contributed by atoms with E-state index in [0.29, 0.717) is 29.7 Å². The Morgan fingerprint density at radius 1 is 1.17 bits per heavy atom. The molecule has 3 N–H and O–H groups in total. The van der Waals surface area contributed by atoms with Crippen LogP contribution in [0.25, 0.3) is 11.0 Å². The van der Waals surface area contributed by atoms with Crippen molar-refractivity contribution in [1.29, 1.82) is 0 Å². The molecule has 0 unspecified atom stereocenters. The summed E-state index contributed by atoms with van der Waals surface area (Å²) in [6, 6.07) is 9.39. The molecular weight excluding hydrogens is 382 g/mol. The number of benzene rings is 1. The maximum absolute atomic E-state index is 9.79. The number of methoxy groups -OCH3 is 2. The molecule has 3 aromatic rings. The van der Waals surface area contributed by atoms with Crippen LogP contribution in [0.2, 0.25) is 0 Å². The molecule has 4 rings (SSSR count). The van der Waals surface area contributed by atoms with E-state index in [2.05, 4.69) is 25.6 Å². The molecule has 158 valence electrons. The zero-order valence-electron chi connectivity index (χ0n) is 17.3. The molecule has 0 bridgehead atoms. The predicted octanol–water partition coefficient (Wildman–Crippen LogP) is 3.23. The molecule has 1 atom stereocenters. The molecule has 1 saturated carbocycles. The van der Waals surface area contributed by atoms with E-state index >= 15 is 0 Å². The number of pyridine rings is 1. The molecule has 2 heterocycles. The highest BCUT2D eigenvalue weighted by Gasteiger charge is 2.26. The number of nitrogens with zero attached hydrogens (tertiary/aromatic N) is 3. The third kappa shape index (κ3) is 4.71. The summed E-state index contributed by atoms with van der Waals surface area (Å²) in [5.74, 6) is 3.27. The van der Waals surface area contributed by atoms with Crippen molar-refractivity contribution in [3.63, 3.8) is 0 Å². The van der Waals surface area contributed by atoms with Crippen molar-refractivity contribution in [1.82, 2.24) is 15.0 Å². The van der Waals surface area contributed by atoms with Crippen LogP contribution in [0.3, 0.4) is 0 Å². The molecule has 30 heavy (non-hydrogen) atoms. The Morgan fingerprint density at radius 3 is 2.77 bits per heavy atom. The number of hydrogen-bond donors (Lipinski definition) is 3. The molecule has 0 radical (unpaired) electrons. The number of anilines is 2. The molecule has 1 fully saturated rings. The summed E-state index contributed by atoms with van der Waals surface area (Å²) in [4.78, 5) is 13.7. The number of aliphatic hydroxyl groups is 1. The second-order valence-corrected chi connectivity index (χ2v) is 7.50. The highest BCUT2D eigenvalue weighted by molar-refractivity contribution is 5.86. The van der Waals surface area contributed by atoms with Gasteiger partial charge in [0.1, 0.15) is 17.0 Å². The summed E-state index contributed by atoms with van der Waals surface area (Å²) in [5, 5.41) is 16.4. The first-order valence-corrected chi connectivity index (χ1v) is 10.1. The molecule has 1 aliphatic carbocycles. The fourth-order valence-electron chi connectivity index (χ4n) is 3.45. The van der Waals surface area contributed by atoms with E-state index in [1.54, 1.807) is 20.4 Å². The van der Waals surface area contributed by atoms with Crippen LogP contribution in [-0.2, 0) is 6.54 Å². The van der Waals surface area contributed by atoms with E-state index in [0.717, 1.165) is 29.0 Å². The van der Waals surface area contributed by atoms with Gasteiger partial charge >= 0.3 is 0 Å². The minimum atomic E-state index is -0.0489. The number of aliphatic hydroxyl groups excluding tert-OH is 1. The molecule has 1 aromatic carbocycles. The van der Waals surface area contributed by atoms with E-state index in [4.69, 9.17) is 9.47 Å². The average molecular weight is 409 g/mol. The Kier molecular flexibility index (Phi) is 6.13. The summed E-state index contributed by atoms with van der Waals surface area (Å²) in [7, 11) is 3.26. The van der Waals surface area contributed by atoms with Gasteiger partial charge in [0.05, 0.1) is 32.4 Å². The first-order valence-electron chi connectivity index (χ1n) is 10.1. The summed E-state index contributed by atoms with van der Waals surface area (Å²) < 4.78 is 10.7. The average Bonchev–Trinajstić information content (AvgIpc) is 3.61. The van der Waals surface area contributed by atoms with Gasteiger partial charge in [-0.3, -0.25) is 4.98 Å². The molecule has 0 amide bonds. The smallest absolute Gasteiger partial charge is 0.225 e. The van der Waals surface area contributed by atoms with Gasteiger partial charge in [0.25, 0.3) is 0 Å². The molecule has 8 nitrogen and oxygen atoms in total. The van der Waals surface area contributed by atoms with Gasteiger partial charge in [0.2, 0.25) is 5.95 Å². The normalized spacial score (nSPS) is 14.4. The fourth-order valence-corrected chi connectivity index (χ4v) is 3.45. The summed E-state index contributed by atoms with van der Waals surface area (Å²) in [6.07, 6.45) is 5.12. The van der Waals surface area contributed by atoms with Crippen molar-refractivity contribution in [2.24, 2.45) is 5.92 Å². The second kappa shape index (κ2) is 9.13. The minimum Gasteiger partial charge on any atom is -0.497 e. The predicted molar refractivity (Wildman–Crippen MR) is 116 cm³/mol. The van der Waals surface area contributed by atoms with E-state index in [-0.39, 0.29) is 12.6 Å². The van der Waals surface area contributed by atoms with Crippen LogP contribution in [0, 0.1) is 5.92 Å². The van der Waals surface area contributed by atoms with Crippen molar-refractivity contribution >= 4 is 22.8 Å². The van der Waals surface area contributed by atoms with E-state index in [1.807, 2.05) is 30.3 Å². The van der Waals surface area contributed by atoms with Gasteiger partial charge in [-0.1, -0.05) is 12.8 Å². The largest absolute Gasteiger partial charge is 0.497 e. The second-order valence-electron chi connectivity index (χ2n) is 7.50. The number of aromatic nitrogens is 3. The van der Waals surface area contributed by atoms with Gasteiger partial charge < -0.3 is 25.2 Å². The summed E-state index contributed by atoms with van der Waals surface area (Å²) in [5.41, 5.74) is 2.39. The number of nitrogens with one attached hydrogen (secondary N) is 2. The molecule has 2 aromatic heterocycles. The van der Waals surface area contributed by atoms with Crippen molar-refractivity contribution in [2.45, 2.75) is 31.8 Å². The first-order chi connectivity index (χ1) is 14.7. The number of hydrogen-bond acceptors (Lipinski definition) is 8. The van der Waals surface area contributed by atoms with Crippen LogP contribution in [0.5, 0.6) is 11.5 Å². The van der Waals surface area contributed by atoms with Crippen molar-refractivity contribution < 1.29 is 14.6 Å². The number of fused-ring (bicyclic) bond motifs is 1. The highest BCUT2D eigenvalue weighted by Crippen LogP contribution is 2.34. The highest BCUT2D eigenvalue weighted by atomic mass is 16.5. The van der Waals surface area contributed by atoms with Crippen molar-refractivity contribution in [2.75, 3.05) is 31.5 Å². The lowest BCUT2D eigenvalue weighted by molar-refractivity contribution is 0.265. The van der Waals surface area contributed by atoms with Crippen LogP contribution < -0.4 is 20.1 Å². The van der Waals surface area contributed by atoms with Gasteiger partial charge in [-0.2, -0.15) is 4.98 Å². The third-order valence-electron chi connectivity index (χ3n) is 5.26. The summed E-state index contributed by atoms with van der Waals surface area (Å²) in [6.45, 7) is 0.546. The lowest BCUT2D eigenvalue weighted by Gasteiger charge is -2.18. The first kappa shape index (κ1) is 20.2. The van der Waals surface area contributed by atoms with Crippen LogP contribution in [0.15, 0.2) is 36.5 Å². The van der Waals surface area contributed by atoms with Crippen molar-refractivity contribution in [3.05, 3.63) is 42.1 Å². The molecule has 8 heteroatoms. The van der Waals surface area contributed by atoms with Gasteiger partial charge in [0, 0.05) is 24.4 Å². The Balaban J connectivity index is 1.57. The number of ether oxygens (including phenoxy) is 2. The molecule has 0 spiro atoms. The van der Waals surface area contributed by atoms with Gasteiger partial charge in [-0.05, 0) is 36.6 Å². The van der Waals surface area contributed by atoms with E-state index < -0.39 is 0 Å². The van der Waals surface area contributed by atoms with Crippen LogP contribution in [0.1, 0.15) is 24.8 Å².